The number of aliphatic hydroxyl groups excluding tert-OH is 1. The monoisotopic (exact) mass is 193 g/mol. The SMILES string of the molecule is C=C(O)[C@@H](N)Cc1ccc(O)c(C)c1. The van der Waals surface area contributed by atoms with Crippen LogP contribution in [-0.2, 0) is 6.42 Å². The van der Waals surface area contributed by atoms with E-state index in [0.717, 1.165) is 11.1 Å². The Bertz CT molecular complexity index is 347. The minimum absolute atomic E-state index is 0.0178. The Labute approximate surface area is 83.5 Å². The van der Waals surface area contributed by atoms with E-state index >= 15 is 0 Å². The van der Waals surface area contributed by atoms with Crippen LogP contribution in [0.3, 0.4) is 0 Å². The third-order valence-electron chi connectivity index (χ3n) is 2.14. The van der Waals surface area contributed by atoms with E-state index in [-0.39, 0.29) is 11.5 Å². The number of phenols is 1. The van der Waals surface area contributed by atoms with Gasteiger partial charge in [0.2, 0.25) is 0 Å². The highest BCUT2D eigenvalue weighted by atomic mass is 16.3. The van der Waals surface area contributed by atoms with Crippen LogP contribution in [0, 0.1) is 6.92 Å². The van der Waals surface area contributed by atoms with Gasteiger partial charge in [-0.05, 0) is 30.5 Å². The summed E-state index contributed by atoms with van der Waals surface area (Å²) in [5, 5.41) is 18.3. The summed E-state index contributed by atoms with van der Waals surface area (Å²) < 4.78 is 0. The van der Waals surface area contributed by atoms with Gasteiger partial charge < -0.3 is 15.9 Å². The first-order valence-corrected chi connectivity index (χ1v) is 4.42. The number of aryl methyl sites for hydroxylation is 1. The van der Waals surface area contributed by atoms with Gasteiger partial charge in [-0.15, -0.1) is 0 Å². The summed E-state index contributed by atoms with van der Waals surface area (Å²) in [6, 6.07) is 4.81. The maximum absolute atomic E-state index is 9.29. The Morgan fingerprint density at radius 1 is 1.57 bits per heavy atom. The zero-order chi connectivity index (χ0) is 10.7. The number of benzene rings is 1. The molecule has 4 N–H and O–H groups in total. The molecule has 0 amide bonds. The Morgan fingerprint density at radius 2 is 2.21 bits per heavy atom. The molecular weight excluding hydrogens is 178 g/mol. The zero-order valence-corrected chi connectivity index (χ0v) is 8.20. The average Bonchev–Trinajstić information content (AvgIpc) is 2.11. The van der Waals surface area contributed by atoms with Gasteiger partial charge in [0.15, 0.2) is 0 Å². The molecule has 0 heterocycles. The summed E-state index contributed by atoms with van der Waals surface area (Å²) in [4.78, 5) is 0. The molecule has 0 spiro atoms. The van der Waals surface area contributed by atoms with Crippen LogP contribution in [0.5, 0.6) is 5.75 Å². The maximum Gasteiger partial charge on any atom is 0.118 e. The molecular formula is C11H15NO2. The number of nitrogens with two attached hydrogens (primary N) is 1. The van der Waals surface area contributed by atoms with E-state index in [1.165, 1.54) is 0 Å². The van der Waals surface area contributed by atoms with Crippen LogP contribution in [0.2, 0.25) is 0 Å². The predicted molar refractivity (Wildman–Crippen MR) is 56.3 cm³/mol. The molecule has 0 radical (unpaired) electrons. The molecule has 0 unspecified atom stereocenters. The molecule has 3 heteroatoms. The van der Waals surface area contributed by atoms with E-state index in [1.54, 1.807) is 12.1 Å². The molecule has 0 saturated heterocycles. The van der Waals surface area contributed by atoms with Crippen molar-refractivity contribution in [3.63, 3.8) is 0 Å². The van der Waals surface area contributed by atoms with Crippen molar-refractivity contribution >= 4 is 0 Å². The maximum atomic E-state index is 9.29. The highest BCUT2D eigenvalue weighted by Gasteiger charge is 2.07. The second-order valence-corrected chi connectivity index (χ2v) is 3.42. The third kappa shape index (κ3) is 2.50. The fourth-order valence-electron chi connectivity index (χ4n) is 1.22. The molecule has 0 saturated carbocycles. The van der Waals surface area contributed by atoms with Gasteiger partial charge in [-0.2, -0.15) is 0 Å². The second kappa shape index (κ2) is 4.15. The Kier molecular flexibility index (Phi) is 3.14. The minimum Gasteiger partial charge on any atom is -0.511 e. The van der Waals surface area contributed by atoms with Crippen LogP contribution in [0.1, 0.15) is 11.1 Å². The highest BCUT2D eigenvalue weighted by Crippen LogP contribution is 2.18. The first-order chi connectivity index (χ1) is 6.50. The lowest BCUT2D eigenvalue weighted by Gasteiger charge is -2.10. The lowest BCUT2D eigenvalue weighted by Crippen LogP contribution is -2.24. The van der Waals surface area contributed by atoms with Crippen molar-refractivity contribution in [2.75, 3.05) is 0 Å². The van der Waals surface area contributed by atoms with Crippen molar-refractivity contribution in [2.45, 2.75) is 19.4 Å². The Hall–Kier alpha value is -1.48. The van der Waals surface area contributed by atoms with Crippen LogP contribution >= 0.6 is 0 Å². The molecule has 0 aromatic heterocycles. The topological polar surface area (TPSA) is 66.5 Å². The molecule has 0 bridgehead atoms. The van der Waals surface area contributed by atoms with Gasteiger partial charge in [-0.1, -0.05) is 18.7 Å². The number of aromatic hydroxyl groups is 1. The van der Waals surface area contributed by atoms with Crippen molar-refractivity contribution in [1.29, 1.82) is 0 Å². The molecule has 14 heavy (non-hydrogen) atoms. The first-order valence-electron chi connectivity index (χ1n) is 4.42. The quantitative estimate of drug-likeness (QED) is 0.639. The molecule has 76 valence electrons. The molecule has 0 aliphatic carbocycles. The molecule has 1 aromatic carbocycles. The lowest BCUT2D eigenvalue weighted by atomic mass is 10.0. The van der Waals surface area contributed by atoms with Crippen molar-refractivity contribution in [2.24, 2.45) is 5.73 Å². The van der Waals surface area contributed by atoms with Crippen LogP contribution < -0.4 is 5.73 Å². The number of hydrogen-bond donors (Lipinski definition) is 3. The highest BCUT2D eigenvalue weighted by molar-refractivity contribution is 5.35. The number of aliphatic hydroxyl groups is 1. The van der Waals surface area contributed by atoms with Crippen molar-refractivity contribution < 1.29 is 10.2 Å². The smallest absolute Gasteiger partial charge is 0.118 e. The number of rotatable bonds is 3. The van der Waals surface area contributed by atoms with E-state index < -0.39 is 6.04 Å². The molecule has 3 nitrogen and oxygen atoms in total. The van der Waals surface area contributed by atoms with E-state index in [1.807, 2.05) is 13.0 Å². The predicted octanol–water partition coefficient (Wildman–Crippen LogP) is 1.64. The summed E-state index contributed by atoms with van der Waals surface area (Å²) in [7, 11) is 0. The third-order valence-corrected chi connectivity index (χ3v) is 2.14. The largest absolute Gasteiger partial charge is 0.511 e. The molecule has 1 rings (SSSR count). The standard InChI is InChI=1S/C11H15NO2/c1-7-5-9(3-4-11(7)14)6-10(12)8(2)13/h3-5,10,13-14H,2,6,12H2,1H3/t10-/m0/s1. The molecule has 0 aliphatic rings. The molecule has 0 fully saturated rings. The zero-order valence-electron chi connectivity index (χ0n) is 8.20. The van der Waals surface area contributed by atoms with E-state index in [4.69, 9.17) is 10.8 Å². The lowest BCUT2D eigenvalue weighted by molar-refractivity contribution is 0.368. The Morgan fingerprint density at radius 3 is 2.71 bits per heavy atom. The van der Waals surface area contributed by atoms with E-state index in [0.29, 0.717) is 6.42 Å². The second-order valence-electron chi connectivity index (χ2n) is 3.42. The fourth-order valence-corrected chi connectivity index (χ4v) is 1.22. The van der Waals surface area contributed by atoms with Crippen molar-refractivity contribution in [3.8, 4) is 5.75 Å². The van der Waals surface area contributed by atoms with Crippen LogP contribution in [0.25, 0.3) is 0 Å². The van der Waals surface area contributed by atoms with Crippen LogP contribution in [0.4, 0.5) is 0 Å². The number of phenolic OH excluding ortho intramolecular Hbond substituents is 1. The van der Waals surface area contributed by atoms with Crippen molar-refractivity contribution in [1.82, 2.24) is 0 Å². The van der Waals surface area contributed by atoms with Gasteiger partial charge >= 0.3 is 0 Å². The van der Waals surface area contributed by atoms with E-state index in [2.05, 4.69) is 6.58 Å². The van der Waals surface area contributed by atoms with Crippen molar-refractivity contribution in [3.05, 3.63) is 41.7 Å². The van der Waals surface area contributed by atoms with Crippen LogP contribution in [-0.4, -0.2) is 16.3 Å². The minimum atomic E-state index is -0.445. The van der Waals surface area contributed by atoms with Gasteiger partial charge in [0.05, 0.1) is 6.04 Å². The number of hydrogen-bond acceptors (Lipinski definition) is 3. The van der Waals surface area contributed by atoms with Gasteiger partial charge in [0.25, 0.3) is 0 Å². The van der Waals surface area contributed by atoms with Gasteiger partial charge in [-0.25, -0.2) is 0 Å². The first kappa shape index (κ1) is 10.6. The average molecular weight is 193 g/mol. The molecule has 0 aliphatic heterocycles. The normalized spacial score (nSPS) is 12.4. The van der Waals surface area contributed by atoms with Gasteiger partial charge in [0.1, 0.15) is 11.5 Å². The van der Waals surface area contributed by atoms with Gasteiger partial charge in [-0.3, -0.25) is 0 Å². The van der Waals surface area contributed by atoms with Crippen LogP contribution in [0.15, 0.2) is 30.5 Å². The van der Waals surface area contributed by atoms with E-state index in [9.17, 15) is 5.11 Å². The summed E-state index contributed by atoms with van der Waals surface area (Å²) in [6.45, 7) is 5.19. The summed E-state index contributed by atoms with van der Waals surface area (Å²) >= 11 is 0. The van der Waals surface area contributed by atoms with Gasteiger partial charge in [0, 0.05) is 0 Å². The molecule has 1 aromatic rings. The summed E-state index contributed by atoms with van der Waals surface area (Å²) in [6.07, 6.45) is 0.524. The summed E-state index contributed by atoms with van der Waals surface area (Å²) in [5.41, 5.74) is 7.40. The molecule has 1 atom stereocenters. The fraction of sp³-hybridized carbons (Fsp3) is 0.273. The summed E-state index contributed by atoms with van der Waals surface area (Å²) in [5.74, 6) is 0.251. The Balaban J connectivity index is 2.78.